The molecule has 23 heavy (non-hydrogen) atoms. The van der Waals surface area contributed by atoms with Crippen molar-refractivity contribution in [3.05, 3.63) is 58.1 Å². The second-order valence-electron chi connectivity index (χ2n) is 5.94. The molecule has 0 fully saturated rings. The van der Waals surface area contributed by atoms with Gasteiger partial charge in [0, 0.05) is 47.9 Å². The number of halogens is 1. The molecule has 1 aliphatic heterocycles. The minimum atomic E-state index is 0.724. The van der Waals surface area contributed by atoms with Gasteiger partial charge in [-0.1, -0.05) is 28.9 Å². The maximum absolute atomic E-state index is 5.97. The number of aromatic nitrogens is 3. The molecule has 0 saturated heterocycles. The molecule has 0 bridgehead atoms. The van der Waals surface area contributed by atoms with Crippen molar-refractivity contribution in [1.82, 2.24) is 20.3 Å². The van der Waals surface area contributed by atoms with Gasteiger partial charge in [0.2, 0.25) is 0 Å². The average molecular weight is 329 g/mol. The molecule has 1 aliphatic rings. The van der Waals surface area contributed by atoms with E-state index < -0.39 is 0 Å². The van der Waals surface area contributed by atoms with Crippen LogP contribution in [0, 0.1) is 6.92 Å². The molecule has 0 saturated carbocycles. The Morgan fingerprint density at radius 2 is 2.13 bits per heavy atom. The Bertz CT molecular complexity index is 821. The molecular weight excluding hydrogens is 312 g/mol. The lowest BCUT2D eigenvalue weighted by atomic mass is 10.0. The molecule has 1 N–H and O–H groups in total. The Balaban J connectivity index is 1.58. The maximum atomic E-state index is 5.97. The maximum Gasteiger partial charge on any atom is 0.143 e. The van der Waals surface area contributed by atoms with Gasteiger partial charge in [-0.3, -0.25) is 10.00 Å². The van der Waals surface area contributed by atoms with E-state index in [1.807, 2.05) is 31.2 Å². The third-order valence-corrected chi connectivity index (χ3v) is 4.42. The van der Waals surface area contributed by atoms with Crippen LogP contribution >= 0.6 is 11.6 Å². The van der Waals surface area contributed by atoms with Gasteiger partial charge in [0.1, 0.15) is 11.5 Å². The first-order valence-electron chi connectivity index (χ1n) is 7.65. The SMILES string of the molecule is Cc1cc(CN2CCc3onc(-c4ccc(Cl)cc4)c3C2)n[nH]1. The van der Waals surface area contributed by atoms with E-state index in [2.05, 4.69) is 26.3 Å². The number of aromatic amines is 1. The minimum absolute atomic E-state index is 0.724. The van der Waals surface area contributed by atoms with Gasteiger partial charge < -0.3 is 4.52 Å². The van der Waals surface area contributed by atoms with Gasteiger partial charge in [-0.05, 0) is 25.1 Å². The number of nitrogens with one attached hydrogen (secondary N) is 1. The Hall–Kier alpha value is -2.11. The first kappa shape index (κ1) is 14.5. The number of nitrogens with zero attached hydrogens (tertiary/aromatic N) is 3. The molecule has 1 aromatic carbocycles. The molecule has 0 radical (unpaired) electrons. The molecule has 3 heterocycles. The van der Waals surface area contributed by atoms with E-state index in [1.54, 1.807) is 0 Å². The van der Waals surface area contributed by atoms with Crippen molar-refractivity contribution < 1.29 is 4.52 Å². The highest BCUT2D eigenvalue weighted by Crippen LogP contribution is 2.31. The van der Waals surface area contributed by atoms with Crippen LogP contribution in [-0.2, 0) is 19.5 Å². The summed E-state index contributed by atoms with van der Waals surface area (Å²) in [5.74, 6) is 0.990. The molecule has 4 rings (SSSR count). The Kier molecular flexibility index (Phi) is 3.67. The van der Waals surface area contributed by atoms with Crippen molar-refractivity contribution in [2.75, 3.05) is 6.54 Å². The van der Waals surface area contributed by atoms with Crippen molar-refractivity contribution in [3.8, 4) is 11.3 Å². The number of H-pyrrole nitrogens is 1. The Morgan fingerprint density at radius 3 is 2.87 bits per heavy atom. The van der Waals surface area contributed by atoms with Gasteiger partial charge >= 0.3 is 0 Å². The highest BCUT2D eigenvalue weighted by atomic mass is 35.5. The summed E-state index contributed by atoms with van der Waals surface area (Å²) >= 11 is 5.97. The summed E-state index contributed by atoms with van der Waals surface area (Å²) in [5, 5.41) is 12.3. The van der Waals surface area contributed by atoms with Crippen LogP contribution in [0.3, 0.4) is 0 Å². The number of hydrogen-bond acceptors (Lipinski definition) is 4. The van der Waals surface area contributed by atoms with Crippen molar-refractivity contribution in [2.24, 2.45) is 0 Å². The third kappa shape index (κ3) is 2.90. The van der Waals surface area contributed by atoms with Crippen LogP contribution in [0.2, 0.25) is 5.02 Å². The smallest absolute Gasteiger partial charge is 0.143 e. The molecule has 2 aromatic heterocycles. The zero-order chi connectivity index (χ0) is 15.8. The molecule has 0 spiro atoms. The summed E-state index contributed by atoms with van der Waals surface area (Å²) in [7, 11) is 0. The van der Waals surface area contributed by atoms with E-state index in [-0.39, 0.29) is 0 Å². The molecule has 0 amide bonds. The predicted molar refractivity (Wildman–Crippen MR) is 88.1 cm³/mol. The topological polar surface area (TPSA) is 58.0 Å². The van der Waals surface area contributed by atoms with E-state index >= 15 is 0 Å². The van der Waals surface area contributed by atoms with E-state index in [4.69, 9.17) is 16.1 Å². The van der Waals surface area contributed by atoms with Crippen LogP contribution in [0.15, 0.2) is 34.9 Å². The summed E-state index contributed by atoms with van der Waals surface area (Å²) < 4.78 is 5.54. The van der Waals surface area contributed by atoms with Crippen molar-refractivity contribution in [2.45, 2.75) is 26.4 Å². The monoisotopic (exact) mass is 328 g/mol. The largest absolute Gasteiger partial charge is 0.360 e. The first-order valence-corrected chi connectivity index (χ1v) is 8.03. The van der Waals surface area contributed by atoms with Gasteiger partial charge in [-0.2, -0.15) is 5.10 Å². The lowest BCUT2D eigenvalue weighted by Gasteiger charge is -2.25. The van der Waals surface area contributed by atoms with Gasteiger partial charge in [0.25, 0.3) is 0 Å². The van der Waals surface area contributed by atoms with Crippen molar-refractivity contribution >= 4 is 11.6 Å². The molecule has 0 atom stereocenters. The van der Waals surface area contributed by atoms with Crippen LogP contribution < -0.4 is 0 Å². The molecular formula is C17H17ClN4O. The van der Waals surface area contributed by atoms with Crippen LogP contribution in [-0.4, -0.2) is 26.8 Å². The summed E-state index contributed by atoms with van der Waals surface area (Å²) in [5.41, 5.74) is 5.28. The number of hydrogen-bond donors (Lipinski definition) is 1. The predicted octanol–water partition coefficient (Wildman–Crippen LogP) is 3.58. The summed E-state index contributed by atoms with van der Waals surface area (Å²) in [4.78, 5) is 2.37. The zero-order valence-electron chi connectivity index (χ0n) is 12.8. The summed E-state index contributed by atoms with van der Waals surface area (Å²) in [6, 6.07) is 9.81. The fraction of sp³-hybridized carbons (Fsp3) is 0.294. The fourth-order valence-corrected chi connectivity index (χ4v) is 3.15. The molecule has 0 aliphatic carbocycles. The lowest BCUT2D eigenvalue weighted by Crippen LogP contribution is -2.29. The summed E-state index contributed by atoms with van der Waals surface area (Å²) in [6.45, 7) is 4.62. The lowest BCUT2D eigenvalue weighted by molar-refractivity contribution is 0.226. The van der Waals surface area contributed by atoms with Crippen LogP contribution in [0.1, 0.15) is 22.7 Å². The highest BCUT2D eigenvalue weighted by molar-refractivity contribution is 6.30. The quantitative estimate of drug-likeness (QED) is 0.798. The van der Waals surface area contributed by atoms with Gasteiger partial charge in [-0.25, -0.2) is 0 Å². The molecule has 0 unspecified atom stereocenters. The van der Waals surface area contributed by atoms with Crippen LogP contribution in [0.4, 0.5) is 0 Å². The highest BCUT2D eigenvalue weighted by Gasteiger charge is 2.25. The fourth-order valence-electron chi connectivity index (χ4n) is 3.02. The molecule has 3 aromatic rings. The van der Waals surface area contributed by atoms with Crippen LogP contribution in [0.25, 0.3) is 11.3 Å². The number of aryl methyl sites for hydroxylation is 1. The number of benzene rings is 1. The second kappa shape index (κ2) is 5.83. The number of fused-ring (bicyclic) bond motifs is 1. The van der Waals surface area contributed by atoms with E-state index in [0.29, 0.717) is 0 Å². The van der Waals surface area contributed by atoms with E-state index in [0.717, 1.165) is 59.5 Å². The normalized spacial score (nSPS) is 14.9. The van der Waals surface area contributed by atoms with Gasteiger partial charge in [0.05, 0.1) is 5.69 Å². The molecule has 5 nitrogen and oxygen atoms in total. The average Bonchev–Trinajstić information content (AvgIpc) is 3.14. The number of rotatable bonds is 3. The summed E-state index contributed by atoms with van der Waals surface area (Å²) in [6.07, 6.45) is 0.874. The Labute approximate surface area is 139 Å². The van der Waals surface area contributed by atoms with Crippen molar-refractivity contribution in [1.29, 1.82) is 0 Å². The van der Waals surface area contributed by atoms with Crippen molar-refractivity contribution in [3.63, 3.8) is 0 Å². The van der Waals surface area contributed by atoms with Crippen LogP contribution in [0.5, 0.6) is 0 Å². The molecule has 6 heteroatoms. The zero-order valence-corrected chi connectivity index (χ0v) is 13.6. The van der Waals surface area contributed by atoms with Gasteiger partial charge in [-0.15, -0.1) is 0 Å². The standard InChI is InChI=1S/C17H17ClN4O/c1-11-8-14(20-19-11)9-22-7-6-16-15(10-22)17(21-23-16)12-2-4-13(18)5-3-12/h2-5,8H,6-7,9-10H2,1H3,(H,19,20). The van der Waals surface area contributed by atoms with Gasteiger partial charge in [0.15, 0.2) is 0 Å². The van der Waals surface area contributed by atoms with E-state index in [1.165, 1.54) is 5.56 Å². The van der Waals surface area contributed by atoms with E-state index in [9.17, 15) is 0 Å². The minimum Gasteiger partial charge on any atom is -0.360 e. The third-order valence-electron chi connectivity index (χ3n) is 4.17. The first-order chi connectivity index (χ1) is 11.2. The Morgan fingerprint density at radius 1 is 1.30 bits per heavy atom. The molecule has 118 valence electrons. The second-order valence-corrected chi connectivity index (χ2v) is 6.38.